The number of rotatable bonds is 7. The highest BCUT2D eigenvalue weighted by atomic mass is 32.2. The normalized spacial score (nSPS) is 19.9. The summed E-state index contributed by atoms with van der Waals surface area (Å²) in [5, 5.41) is 0. The van der Waals surface area contributed by atoms with E-state index in [9.17, 15) is 13.2 Å². The second kappa shape index (κ2) is 8.60. The molecule has 2 atom stereocenters. The van der Waals surface area contributed by atoms with Crippen LogP contribution in [0.1, 0.15) is 38.4 Å². The lowest BCUT2D eigenvalue weighted by molar-refractivity contribution is -0.140. The van der Waals surface area contributed by atoms with Gasteiger partial charge in [-0.25, -0.2) is 13.1 Å². The van der Waals surface area contributed by atoms with Gasteiger partial charge in [-0.2, -0.15) is 0 Å². The van der Waals surface area contributed by atoms with Crippen molar-refractivity contribution in [1.82, 2.24) is 9.62 Å². The summed E-state index contributed by atoms with van der Waals surface area (Å²) in [6.07, 6.45) is 1.21. The van der Waals surface area contributed by atoms with Gasteiger partial charge in [0.25, 0.3) is 0 Å². The Hall–Kier alpha value is -1.44. The van der Waals surface area contributed by atoms with Gasteiger partial charge in [0.1, 0.15) is 6.10 Å². The van der Waals surface area contributed by atoms with Crippen molar-refractivity contribution in [2.24, 2.45) is 0 Å². The van der Waals surface area contributed by atoms with Crippen LogP contribution in [0.15, 0.2) is 30.3 Å². The Morgan fingerprint density at radius 2 is 2.08 bits per heavy atom. The molecule has 0 saturated carbocycles. The number of amides is 1. The van der Waals surface area contributed by atoms with E-state index < -0.39 is 16.1 Å². The third-order valence-electron chi connectivity index (χ3n) is 4.04. The molecular weight excluding hydrogens is 328 g/mol. The number of ether oxygens (including phenoxy) is 1. The van der Waals surface area contributed by atoms with E-state index in [2.05, 4.69) is 4.72 Å². The van der Waals surface area contributed by atoms with Crippen molar-refractivity contribution < 1.29 is 17.9 Å². The third-order valence-corrected chi connectivity index (χ3v) is 5.58. The van der Waals surface area contributed by atoms with Crippen LogP contribution in [-0.4, -0.2) is 50.7 Å². The summed E-state index contributed by atoms with van der Waals surface area (Å²) in [5.74, 6) is -0.157. The largest absolute Gasteiger partial charge is 0.370 e. The van der Waals surface area contributed by atoms with Gasteiger partial charge in [0.05, 0.1) is 24.9 Å². The van der Waals surface area contributed by atoms with E-state index in [1.54, 1.807) is 11.8 Å². The van der Waals surface area contributed by atoms with Gasteiger partial charge in [-0.1, -0.05) is 43.7 Å². The number of carbonyl (C=O) groups excluding carboxylic acids is 1. The summed E-state index contributed by atoms with van der Waals surface area (Å²) in [5.41, 5.74) is 1.02. The van der Waals surface area contributed by atoms with Gasteiger partial charge in [-0.15, -0.1) is 0 Å². The monoisotopic (exact) mass is 354 g/mol. The zero-order valence-electron chi connectivity index (χ0n) is 14.3. The molecule has 1 aromatic carbocycles. The predicted molar refractivity (Wildman–Crippen MR) is 93.0 cm³/mol. The molecule has 24 heavy (non-hydrogen) atoms. The van der Waals surface area contributed by atoms with Crippen LogP contribution in [-0.2, 0) is 19.6 Å². The van der Waals surface area contributed by atoms with E-state index in [4.69, 9.17) is 4.74 Å². The molecule has 0 spiro atoms. The van der Waals surface area contributed by atoms with Gasteiger partial charge in [0.15, 0.2) is 0 Å². The number of benzene rings is 1. The number of nitrogens with zero attached hydrogens (tertiary/aromatic N) is 1. The molecule has 1 aliphatic rings. The van der Waals surface area contributed by atoms with Crippen LogP contribution in [0.5, 0.6) is 0 Å². The van der Waals surface area contributed by atoms with Crippen molar-refractivity contribution in [3.05, 3.63) is 35.9 Å². The van der Waals surface area contributed by atoms with Crippen LogP contribution in [0.3, 0.4) is 0 Å². The first kappa shape index (κ1) is 18.9. The maximum Gasteiger partial charge on any atom is 0.240 e. The Morgan fingerprint density at radius 3 is 2.75 bits per heavy atom. The van der Waals surface area contributed by atoms with Gasteiger partial charge in [0, 0.05) is 6.54 Å². The van der Waals surface area contributed by atoms with Gasteiger partial charge in [-0.3, -0.25) is 4.79 Å². The molecule has 2 rings (SSSR count). The molecule has 134 valence electrons. The SMILES string of the molecule is CCCCS(=O)(=O)N[C@@H](C)C(=O)N1CCOC(c2ccccc2)C1. The fraction of sp³-hybridized carbons (Fsp3) is 0.588. The molecule has 1 amide bonds. The second-order valence-corrected chi connectivity index (χ2v) is 7.94. The van der Waals surface area contributed by atoms with Gasteiger partial charge >= 0.3 is 0 Å². The highest BCUT2D eigenvalue weighted by Crippen LogP contribution is 2.22. The van der Waals surface area contributed by atoms with E-state index in [-0.39, 0.29) is 17.8 Å². The van der Waals surface area contributed by atoms with E-state index in [1.165, 1.54) is 0 Å². The average molecular weight is 354 g/mol. The number of nitrogens with one attached hydrogen (secondary N) is 1. The maximum absolute atomic E-state index is 12.6. The molecular formula is C17H26N2O4S. The van der Waals surface area contributed by atoms with Crippen molar-refractivity contribution in [1.29, 1.82) is 0 Å². The lowest BCUT2D eigenvalue weighted by Gasteiger charge is -2.34. The third kappa shape index (κ3) is 5.29. The summed E-state index contributed by atoms with van der Waals surface area (Å²) in [7, 11) is -3.42. The highest BCUT2D eigenvalue weighted by molar-refractivity contribution is 7.89. The van der Waals surface area contributed by atoms with Crippen LogP contribution in [0.25, 0.3) is 0 Å². The molecule has 1 unspecified atom stereocenters. The molecule has 0 bridgehead atoms. The smallest absolute Gasteiger partial charge is 0.240 e. The van der Waals surface area contributed by atoms with Crippen LogP contribution in [0, 0.1) is 0 Å². The van der Waals surface area contributed by atoms with Crippen molar-refractivity contribution in [3.8, 4) is 0 Å². The average Bonchev–Trinajstić information content (AvgIpc) is 2.60. The van der Waals surface area contributed by atoms with Crippen molar-refractivity contribution in [2.45, 2.75) is 38.8 Å². The number of morpholine rings is 1. The summed E-state index contributed by atoms with van der Waals surface area (Å²) in [4.78, 5) is 14.2. The molecule has 1 saturated heterocycles. The first-order chi connectivity index (χ1) is 11.4. The van der Waals surface area contributed by atoms with E-state index in [0.29, 0.717) is 26.1 Å². The van der Waals surface area contributed by atoms with Gasteiger partial charge in [-0.05, 0) is 18.9 Å². The number of sulfonamides is 1. The van der Waals surface area contributed by atoms with Gasteiger partial charge < -0.3 is 9.64 Å². The fourth-order valence-corrected chi connectivity index (χ4v) is 4.13. The highest BCUT2D eigenvalue weighted by Gasteiger charge is 2.29. The Labute approximate surface area is 144 Å². The minimum absolute atomic E-state index is 0.0525. The molecule has 1 fully saturated rings. The second-order valence-electron chi connectivity index (χ2n) is 6.07. The van der Waals surface area contributed by atoms with E-state index >= 15 is 0 Å². The minimum Gasteiger partial charge on any atom is -0.370 e. The van der Waals surface area contributed by atoms with Crippen molar-refractivity contribution in [3.63, 3.8) is 0 Å². The lowest BCUT2D eigenvalue weighted by atomic mass is 10.1. The molecule has 7 heteroatoms. The van der Waals surface area contributed by atoms with Crippen molar-refractivity contribution in [2.75, 3.05) is 25.4 Å². The zero-order valence-corrected chi connectivity index (χ0v) is 15.1. The zero-order chi connectivity index (χ0) is 17.6. The Bertz CT molecular complexity index is 633. The Kier molecular flexibility index (Phi) is 6.77. The maximum atomic E-state index is 12.6. The number of hydrogen-bond acceptors (Lipinski definition) is 4. The summed E-state index contributed by atoms with van der Waals surface area (Å²) in [6.45, 7) is 4.88. The number of unbranched alkanes of at least 4 members (excludes halogenated alkanes) is 1. The molecule has 1 N–H and O–H groups in total. The lowest BCUT2D eigenvalue weighted by Crippen LogP contribution is -2.51. The van der Waals surface area contributed by atoms with Gasteiger partial charge in [0.2, 0.25) is 15.9 Å². The molecule has 6 nitrogen and oxygen atoms in total. The summed E-state index contributed by atoms with van der Waals surface area (Å²) >= 11 is 0. The first-order valence-electron chi connectivity index (χ1n) is 8.38. The molecule has 0 radical (unpaired) electrons. The van der Waals surface area contributed by atoms with E-state index in [1.807, 2.05) is 37.3 Å². The molecule has 1 aromatic rings. The Morgan fingerprint density at radius 1 is 1.38 bits per heavy atom. The van der Waals surface area contributed by atoms with Crippen molar-refractivity contribution >= 4 is 15.9 Å². The van der Waals surface area contributed by atoms with E-state index in [0.717, 1.165) is 12.0 Å². The quantitative estimate of drug-likeness (QED) is 0.808. The topological polar surface area (TPSA) is 75.7 Å². The van der Waals surface area contributed by atoms with Crippen LogP contribution in [0.4, 0.5) is 0 Å². The fourth-order valence-electron chi connectivity index (χ4n) is 2.71. The summed E-state index contributed by atoms with van der Waals surface area (Å²) < 4.78 is 32.2. The first-order valence-corrected chi connectivity index (χ1v) is 10.0. The molecule has 1 heterocycles. The van der Waals surface area contributed by atoms with Crippen LogP contribution >= 0.6 is 0 Å². The number of carbonyl (C=O) groups is 1. The molecule has 0 aliphatic carbocycles. The molecule has 1 aliphatic heterocycles. The molecule has 0 aromatic heterocycles. The Balaban J connectivity index is 1.96. The minimum atomic E-state index is -3.42. The van der Waals surface area contributed by atoms with Crippen LogP contribution in [0.2, 0.25) is 0 Å². The summed E-state index contributed by atoms with van der Waals surface area (Å²) in [6, 6.07) is 8.97. The number of hydrogen-bond donors (Lipinski definition) is 1. The predicted octanol–water partition coefficient (Wildman–Crippen LogP) is 1.69. The standard InChI is InChI=1S/C17H26N2O4S/c1-3-4-12-24(21,22)18-14(2)17(20)19-10-11-23-16(13-19)15-8-6-5-7-9-15/h5-9,14,16,18H,3-4,10-13H2,1-2H3/t14-,16?/m0/s1. The van der Waals surface area contributed by atoms with Crippen LogP contribution < -0.4 is 4.72 Å².